The van der Waals surface area contributed by atoms with Gasteiger partial charge in [0.15, 0.2) is 0 Å². The van der Waals surface area contributed by atoms with Crippen LogP contribution in [0.2, 0.25) is 0 Å². The van der Waals surface area contributed by atoms with Gasteiger partial charge in [-0.25, -0.2) is 8.42 Å². The Kier molecular flexibility index (Phi) is 7.02. The molecule has 1 heterocycles. The second-order valence-electron chi connectivity index (χ2n) is 7.71. The number of nitrogens with zero attached hydrogens (tertiary/aromatic N) is 1. The number of rotatable bonds is 6. The summed E-state index contributed by atoms with van der Waals surface area (Å²) >= 11 is 6.86. The molecule has 0 radical (unpaired) electrons. The molecule has 0 saturated carbocycles. The quantitative estimate of drug-likeness (QED) is 0.425. The average molecular weight is 430 g/mol. The molecule has 2 aromatic carbocycles. The van der Waals surface area contributed by atoms with Gasteiger partial charge < -0.3 is 0 Å². The van der Waals surface area contributed by atoms with Gasteiger partial charge in [0.25, 0.3) is 0 Å². The molecule has 0 aliphatic carbocycles. The van der Waals surface area contributed by atoms with Crippen LogP contribution in [0.15, 0.2) is 76.4 Å². The van der Waals surface area contributed by atoms with Crippen LogP contribution in [-0.4, -0.2) is 25.8 Å². The third-order valence-electron chi connectivity index (χ3n) is 5.32. The first-order chi connectivity index (χ1) is 13.8. The van der Waals surface area contributed by atoms with Crippen molar-refractivity contribution >= 4 is 21.6 Å². The third kappa shape index (κ3) is 5.02. The standard InChI is InChI=1S/C24H28ClNO2S/c1-4-8-19(3)15-21-16-26(29(27,28)22-13-11-18(2)12-14-22)17-23(21)24(25)20-9-6-5-7-10-20/h5-7,9-14,23-24H,4,8,16-17H2,1-3H3/t15?,23-,24+/m1/s1. The smallest absolute Gasteiger partial charge is 0.207 e. The predicted molar refractivity (Wildman–Crippen MR) is 120 cm³/mol. The Labute approximate surface area is 179 Å². The highest BCUT2D eigenvalue weighted by atomic mass is 35.5. The van der Waals surface area contributed by atoms with Crippen LogP contribution < -0.4 is 0 Å². The monoisotopic (exact) mass is 429 g/mol. The Hall–Kier alpha value is -1.84. The fourth-order valence-corrected chi connectivity index (χ4v) is 5.55. The van der Waals surface area contributed by atoms with Crippen LogP contribution >= 0.6 is 11.6 Å². The van der Waals surface area contributed by atoms with Gasteiger partial charge in [-0.05, 0) is 49.1 Å². The van der Waals surface area contributed by atoms with E-state index in [1.807, 2.05) is 49.4 Å². The fraction of sp³-hybridized carbons (Fsp3) is 0.375. The number of aryl methyl sites for hydroxylation is 1. The average Bonchev–Trinajstić information content (AvgIpc) is 3.13. The maximum atomic E-state index is 13.2. The molecule has 29 heavy (non-hydrogen) atoms. The van der Waals surface area contributed by atoms with Crippen molar-refractivity contribution in [1.29, 1.82) is 0 Å². The fourth-order valence-electron chi connectivity index (χ4n) is 3.73. The molecule has 0 amide bonds. The van der Waals surface area contributed by atoms with Crippen molar-refractivity contribution in [3.63, 3.8) is 0 Å². The minimum Gasteiger partial charge on any atom is -0.207 e. The van der Waals surface area contributed by atoms with Crippen LogP contribution in [-0.2, 0) is 10.0 Å². The summed E-state index contributed by atoms with van der Waals surface area (Å²) in [7, 11) is -3.58. The third-order valence-corrected chi connectivity index (χ3v) is 7.71. The number of halogens is 1. The van der Waals surface area contributed by atoms with Gasteiger partial charge in [-0.2, -0.15) is 4.31 Å². The van der Waals surface area contributed by atoms with E-state index in [1.165, 1.54) is 0 Å². The molecule has 154 valence electrons. The van der Waals surface area contributed by atoms with E-state index in [9.17, 15) is 8.42 Å². The van der Waals surface area contributed by atoms with Crippen LogP contribution in [0.4, 0.5) is 0 Å². The van der Waals surface area contributed by atoms with E-state index < -0.39 is 10.0 Å². The van der Waals surface area contributed by atoms with Crippen molar-refractivity contribution in [3.8, 4) is 0 Å². The molecule has 1 aliphatic heterocycles. The zero-order chi connectivity index (χ0) is 21.0. The van der Waals surface area contributed by atoms with Gasteiger partial charge in [-0.3, -0.25) is 0 Å². The lowest BCUT2D eigenvalue weighted by Gasteiger charge is -2.19. The van der Waals surface area contributed by atoms with Crippen molar-refractivity contribution in [2.24, 2.45) is 5.92 Å². The summed E-state index contributed by atoms with van der Waals surface area (Å²) in [5, 5.41) is -0.300. The highest BCUT2D eigenvalue weighted by Crippen LogP contribution is 2.40. The molecule has 3 rings (SSSR count). The Morgan fingerprint density at radius 2 is 1.83 bits per heavy atom. The summed E-state index contributed by atoms with van der Waals surface area (Å²) in [6.45, 7) is 6.82. The molecule has 2 atom stereocenters. The molecule has 0 unspecified atom stereocenters. The zero-order valence-corrected chi connectivity index (χ0v) is 18.8. The molecular formula is C24H28ClNO2S. The number of alkyl halides is 1. The van der Waals surface area contributed by atoms with Gasteiger partial charge in [-0.15, -0.1) is 17.3 Å². The van der Waals surface area contributed by atoms with E-state index in [2.05, 4.69) is 19.6 Å². The minimum absolute atomic E-state index is 0.105. The Balaban J connectivity index is 1.98. The van der Waals surface area contributed by atoms with E-state index in [4.69, 9.17) is 11.6 Å². The Morgan fingerprint density at radius 1 is 1.17 bits per heavy atom. The summed E-state index contributed by atoms with van der Waals surface area (Å²) in [5.41, 5.74) is 7.63. The van der Waals surface area contributed by atoms with Gasteiger partial charge in [-0.1, -0.05) is 61.4 Å². The number of hydrogen-bond acceptors (Lipinski definition) is 2. The number of hydrogen-bond donors (Lipinski definition) is 0. The van der Waals surface area contributed by atoms with Crippen LogP contribution in [0.5, 0.6) is 0 Å². The summed E-state index contributed by atoms with van der Waals surface area (Å²) < 4.78 is 28.0. The maximum Gasteiger partial charge on any atom is 0.243 e. The summed E-state index contributed by atoms with van der Waals surface area (Å²) in [5.74, 6) is -0.105. The minimum atomic E-state index is -3.58. The SMILES string of the molecule is CCCC(C)=C=C1CN(S(=O)(=O)c2ccc(C)cc2)C[C@H]1[C@@H](Cl)c1ccccc1. The predicted octanol–water partition coefficient (Wildman–Crippen LogP) is 5.87. The molecule has 1 aliphatic rings. The molecule has 0 bridgehead atoms. The van der Waals surface area contributed by atoms with Crippen molar-refractivity contribution in [1.82, 2.24) is 4.31 Å². The first kappa shape index (κ1) is 21.9. The van der Waals surface area contributed by atoms with Crippen LogP contribution in [0.25, 0.3) is 0 Å². The maximum absolute atomic E-state index is 13.2. The normalized spacial score (nSPS) is 18.5. The molecule has 0 spiro atoms. The molecule has 0 N–H and O–H groups in total. The zero-order valence-electron chi connectivity index (χ0n) is 17.2. The lowest BCUT2D eigenvalue weighted by atomic mass is 9.93. The van der Waals surface area contributed by atoms with Crippen molar-refractivity contribution < 1.29 is 8.42 Å². The molecule has 2 aromatic rings. The largest absolute Gasteiger partial charge is 0.243 e. The van der Waals surface area contributed by atoms with Gasteiger partial charge >= 0.3 is 0 Å². The lowest BCUT2D eigenvalue weighted by Crippen LogP contribution is -2.29. The van der Waals surface area contributed by atoms with E-state index in [0.29, 0.717) is 18.0 Å². The topological polar surface area (TPSA) is 37.4 Å². The second-order valence-corrected chi connectivity index (χ2v) is 10.1. The summed E-state index contributed by atoms with van der Waals surface area (Å²) in [4.78, 5) is 0.322. The van der Waals surface area contributed by atoms with Gasteiger partial charge in [0.2, 0.25) is 10.0 Å². The Morgan fingerprint density at radius 3 is 2.45 bits per heavy atom. The first-order valence-corrected chi connectivity index (χ1v) is 11.9. The van der Waals surface area contributed by atoms with Crippen LogP contribution in [0.1, 0.15) is 43.2 Å². The van der Waals surface area contributed by atoms with E-state index in [0.717, 1.165) is 35.1 Å². The summed E-state index contributed by atoms with van der Waals surface area (Å²) in [6.07, 6.45) is 1.98. The van der Waals surface area contributed by atoms with Crippen LogP contribution in [0, 0.1) is 12.8 Å². The highest BCUT2D eigenvalue weighted by Gasteiger charge is 2.39. The van der Waals surface area contributed by atoms with Gasteiger partial charge in [0.05, 0.1) is 10.3 Å². The first-order valence-electron chi connectivity index (χ1n) is 10.0. The van der Waals surface area contributed by atoms with E-state index in [-0.39, 0.29) is 11.3 Å². The van der Waals surface area contributed by atoms with Crippen molar-refractivity contribution in [3.05, 3.63) is 82.6 Å². The lowest BCUT2D eigenvalue weighted by molar-refractivity contribution is 0.453. The number of sulfonamides is 1. The molecular weight excluding hydrogens is 402 g/mol. The molecule has 5 heteroatoms. The van der Waals surface area contributed by atoms with Crippen molar-refractivity contribution in [2.75, 3.05) is 13.1 Å². The summed E-state index contributed by atoms with van der Waals surface area (Å²) in [6, 6.07) is 16.9. The molecule has 1 fully saturated rings. The molecule has 0 aromatic heterocycles. The van der Waals surface area contributed by atoms with E-state index in [1.54, 1.807) is 16.4 Å². The Bertz CT molecular complexity index is 1010. The van der Waals surface area contributed by atoms with Gasteiger partial charge in [0.1, 0.15) is 0 Å². The molecule has 1 saturated heterocycles. The highest BCUT2D eigenvalue weighted by molar-refractivity contribution is 7.89. The van der Waals surface area contributed by atoms with Gasteiger partial charge in [0, 0.05) is 19.0 Å². The number of benzene rings is 2. The second kappa shape index (κ2) is 9.32. The van der Waals surface area contributed by atoms with Crippen molar-refractivity contribution in [2.45, 2.75) is 43.9 Å². The molecule has 3 nitrogen and oxygen atoms in total. The van der Waals surface area contributed by atoms with Crippen LogP contribution in [0.3, 0.4) is 0 Å². The van der Waals surface area contributed by atoms with E-state index >= 15 is 0 Å².